The molecule has 1 saturated heterocycles. The number of hydrogen-bond donors (Lipinski definition) is 0. The minimum Gasteiger partial charge on any atom is -0.204 e. The van der Waals surface area contributed by atoms with Gasteiger partial charge in [-0.1, -0.05) is 99.4 Å². The van der Waals surface area contributed by atoms with Crippen LogP contribution in [-0.2, 0) is 0 Å². The molecular formula is C29H33F2Si. The van der Waals surface area contributed by atoms with E-state index in [1.54, 1.807) is 6.07 Å². The third-order valence-electron chi connectivity index (χ3n) is 6.83. The zero-order valence-electron chi connectivity index (χ0n) is 19.2. The molecule has 1 heterocycles. The fourth-order valence-corrected chi connectivity index (χ4v) is 7.92. The third kappa shape index (κ3) is 5.56. The van der Waals surface area contributed by atoms with Gasteiger partial charge in [0.1, 0.15) is 0 Å². The summed E-state index contributed by atoms with van der Waals surface area (Å²) < 4.78 is 27.7. The summed E-state index contributed by atoms with van der Waals surface area (Å²) in [6, 6.07) is 25.4. The Hall–Kier alpha value is -2.26. The van der Waals surface area contributed by atoms with Gasteiger partial charge in [0, 0.05) is 8.80 Å². The first kappa shape index (κ1) is 22.9. The highest BCUT2D eigenvalue weighted by molar-refractivity contribution is 6.59. The molecule has 4 rings (SSSR count). The summed E-state index contributed by atoms with van der Waals surface area (Å²) in [7, 11) is -0.197. The number of rotatable bonds is 7. The molecule has 3 aromatic carbocycles. The van der Waals surface area contributed by atoms with Crippen LogP contribution in [0.4, 0.5) is 8.78 Å². The predicted octanol–water partition coefficient (Wildman–Crippen LogP) is 9.11. The molecule has 0 aromatic heterocycles. The van der Waals surface area contributed by atoms with Crippen LogP contribution in [0.3, 0.4) is 0 Å². The molecule has 167 valence electrons. The van der Waals surface area contributed by atoms with Crippen LogP contribution in [0.25, 0.3) is 22.3 Å². The minimum atomic E-state index is -0.800. The van der Waals surface area contributed by atoms with Gasteiger partial charge in [-0.2, -0.15) is 0 Å². The molecule has 1 aliphatic rings. The largest absolute Gasteiger partial charge is 0.204 e. The zero-order valence-corrected chi connectivity index (χ0v) is 20.2. The Morgan fingerprint density at radius 1 is 0.812 bits per heavy atom. The Morgan fingerprint density at radius 2 is 1.56 bits per heavy atom. The molecule has 1 aliphatic heterocycles. The maximum atomic E-state index is 14.1. The Kier molecular flexibility index (Phi) is 7.57. The molecule has 32 heavy (non-hydrogen) atoms. The van der Waals surface area contributed by atoms with Crippen LogP contribution in [0.2, 0.25) is 18.1 Å². The predicted molar refractivity (Wildman–Crippen MR) is 133 cm³/mol. The lowest BCUT2D eigenvalue weighted by Gasteiger charge is -2.28. The third-order valence-corrected chi connectivity index (χ3v) is 9.89. The van der Waals surface area contributed by atoms with Gasteiger partial charge in [0.15, 0.2) is 11.6 Å². The summed E-state index contributed by atoms with van der Waals surface area (Å²) in [6.45, 7) is 4.63. The molecule has 0 atom stereocenters. The van der Waals surface area contributed by atoms with E-state index >= 15 is 0 Å². The maximum absolute atomic E-state index is 14.1. The first-order chi connectivity index (χ1) is 15.5. The fraction of sp³-hybridized carbons (Fsp3) is 0.379. The quantitative estimate of drug-likeness (QED) is 0.317. The van der Waals surface area contributed by atoms with E-state index in [1.807, 2.05) is 18.2 Å². The van der Waals surface area contributed by atoms with E-state index in [0.717, 1.165) is 28.2 Å². The Labute approximate surface area is 193 Å². The van der Waals surface area contributed by atoms with Crippen molar-refractivity contribution < 1.29 is 8.78 Å². The van der Waals surface area contributed by atoms with Crippen molar-refractivity contribution in [1.82, 2.24) is 0 Å². The summed E-state index contributed by atoms with van der Waals surface area (Å²) in [5, 5.41) is 0. The summed E-state index contributed by atoms with van der Waals surface area (Å²) >= 11 is 0. The molecule has 0 amide bonds. The van der Waals surface area contributed by atoms with Gasteiger partial charge in [-0.25, -0.2) is 8.78 Å². The highest BCUT2D eigenvalue weighted by Crippen LogP contribution is 2.40. The van der Waals surface area contributed by atoms with Gasteiger partial charge in [0.05, 0.1) is 0 Å². The van der Waals surface area contributed by atoms with Crippen LogP contribution < -0.4 is 0 Å². The van der Waals surface area contributed by atoms with Gasteiger partial charge in [0.2, 0.25) is 0 Å². The first-order valence-electron chi connectivity index (χ1n) is 12.0. The van der Waals surface area contributed by atoms with Crippen LogP contribution in [0.1, 0.15) is 51.0 Å². The van der Waals surface area contributed by atoms with Crippen molar-refractivity contribution in [3.63, 3.8) is 0 Å². The Balaban J connectivity index is 1.58. The van der Waals surface area contributed by atoms with Gasteiger partial charge in [-0.15, -0.1) is 0 Å². The molecule has 0 aliphatic carbocycles. The van der Waals surface area contributed by atoms with Crippen molar-refractivity contribution >= 4 is 8.80 Å². The van der Waals surface area contributed by atoms with Gasteiger partial charge < -0.3 is 0 Å². The number of halogens is 2. The molecule has 1 fully saturated rings. The minimum absolute atomic E-state index is 0.197. The van der Waals surface area contributed by atoms with Gasteiger partial charge >= 0.3 is 0 Å². The summed E-state index contributed by atoms with van der Waals surface area (Å²) in [5.74, 6) is -0.210. The van der Waals surface area contributed by atoms with Crippen molar-refractivity contribution in [2.45, 2.75) is 63.6 Å². The van der Waals surface area contributed by atoms with E-state index < -0.39 is 11.6 Å². The van der Waals surface area contributed by atoms with Crippen LogP contribution >= 0.6 is 0 Å². The highest BCUT2D eigenvalue weighted by atomic mass is 28.3. The van der Waals surface area contributed by atoms with Crippen LogP contribution in [0.5, 0.6) is 0 Å². The Morgan fingerprint density at radius 3 is 2.25 bits per heavy atom. The zero-order chi connectivity index (χ0) is 22.5. The van der Waals surface area contributed by atoms with Crippen molar-refractivity contribution in [3.8, 4) is 22.3 Å². The van der Waals surface area contributed by atoms with E-state index in [2.05, 4.69) is 44.2 Å². The second kappa shape index (κ2) is 10.6. The van der Waals surface area contributed by atoms with E-state index in [4.69, 9.17) is 0 Å². The lowest BCUT2D eigenvalue weighted by atomic mass is 9.87. The normalized spacial score (nSPS) is 15.4. The van der Waals surface area contributed by atoms with Crippen molar-refractivity contribution in [2.24, 2.45) is 5.92 Å². The molecule has 1 radical (unpaired) electrons. The molecule has 0 nitrogen and oxygen atoms in total. The van der Waals surface area contributed by atoms with Gasteiger partial charge in [-0.05, 0) is 64.6 Å². The SMILES string of the molecule is CC(C)CCC[Si]1CCC(c2ccc(-c3ccccc3)c(-c3ccc(F)c(F)c3)c2)CC1. The summed E-state index contributed by atoms with van der Waals surface area (Å²) in [6.07, 6.45) is 5.27. The van der Waals surface area contributed by atoms with E-state index in [9.17, 15) is 8.78 Å². The Bertz CT molecular complexity index is 1020. The maximum Gasteiger partial charge on any atom is 0.159 e. The number of hydrogen-bond acceptors (Lipinski definition) is 0. The van der Waals surface area contributed by atoms with Crippen LogP contribution in [-0.4, -0.2) is 8.80 Å². The average molecular weight is 448 g/mol. The molecule has 0 saturated carbocycles. The van der Waals surface area contributed by atoms with Crippen molar-refractivity contribution in [1.29, 1.82) is 0 Å². The van der Waals surface area contributed by atoms with E-state index in [-0.39, 0.29) is 8.80 Å². The topological polar surface area (TPSA) is 0 Å². The fourth-order valence-electron chi connectivity index (χ4n) is 4.96. The molecule has 3 aromatic rings. The first-order valence-corrected chi connectivity index (χ1v) is 14.1. The monoisotopic (exact) mass is 447 g/mol. The molecule has 0 N–H and O–H groups in total. The van der Waals surface area contributed by atoms with Crippen LogP contribution in [0, 0.1) is 17.6 Å². The molecule has 0 bridgehead atoms. The summed E-state index contributed by atoms with van der Waals surface area (Å²) in [5.41, 5.74) is 5.22. The standard InChI is InChI=1S/C29H33F2Si/c1-21(2)7-6-16-32-17-14-22(15-18-32)24-10-12-26(23-8-4-3-5-9-23)27(19-24)25-11-13-28(30)29(31)20-25/h3-5,8-13,19-22H,6-7,14-18H2,1-2H3. The van der Waals surface area contributed by atoms with E-state index in [0.29, 0.717) is 5.92 Å². The van der Waals surface area contributed by atoms with Crippen molar-refractivity contribution in [2.75, 3.05) is 0 Å². The molecule has 0 unspecified atom stereocenters. The smallest absolute Gasteiger partial charge is 0.159 e. The van der Waals surface area contributed by atoms with Crippen LogP contribution in [0.15, 0.2) is 66.7 Å². The number of benzene rings is 3. The van der Waals surface area contributed by atoms with Gasteiger partial charge in [-0.3, -0.25) is 0 Å². The molecular weight excluding hydrogens is 414 g/mol. The van der Waals surface area contributed by atoms with E-state index in [1.165, 1.54) is 61.5 Å². The second-order valence-corrected chi connectivity index (χ2v) is 12.6. The second-order valence-electron chi connectivity index (χ2n) is 9.61. The lowest BCUT2D eigenvalue weighted by molar-refractivity contribution is 0.509. The van der Waals surface area contributed by atoms with Gasteiger partial charge in [0.25, 0.3) is 0 Å². The molecule has 3 heteroatoms. The summed E-state index contributed by atoms with van der Waals surface area (Å²) in [4.78, 5) is 0. The molecule has 0 spiro atoms. The average Bonchev–Trinajstić information content (AvgIpc) is 2.81. The van der Waals surface area contributed by atoms with Crippen molar-refractivity contribution in [3.05, 3.63) is 83.9 Å². The highest BCUT2D eigenvalue weighted by Gasteiger charge is 2.24. The lowest BCUT2D eigenvalue weighted by Crippen LogP contribution is -2.20.